The summed E-state index contributed by atoms with van der Waals surface area (Å²) in [5, 5.41) is 12.9. The Hall–Kier alpha value is -2.21. The maximum Gasteiger partial charge on any atom is 0.261 e. The molecule has 1 atom stereocenters. The molecular formula is C17H23N3O3. The van der Waals surface area contributed by atoms with E-state index in [0.29, 0.717) is 23.9 Å². The Bertz CT molecular complexity index is 752. The van der Waals surface area contributed by atoms with Gasteiger partial charge in [0.15, 0.2) is 0 Å². The van der Waals surface area contributed by atoms with Gasteiger partial charge in [-0.05, 0) is 30.9 Å². The third-order valence-corrected chi connectivity index (χ3v) is 3.90. The minimum Gasteiger partial charge on any atom is -0.393 e. The number of aliphatic hydroxyl groups is 1. The molecule has 0 bridgehead atoms. The minimum absolute atomic E-state index is 0.0759. The maximum atomic E-state index is 12.4. The number of aromatic nitrogens is 2. The Morgan fingerprint density at radius 1 is 1.39 bits per heavy atom. The van der Waals surface area contributed by atoms with Crippen molar-refractivity contribution in [1.29, 1.82) is 0 Å². The molecular weight excluding hydrogens is 294 g/mol. The van der Waals surface area contributed by atoms with Crippen molar-refractivity contribution in [2.75, 3.05) is 6.54 Å². The van der Waals surface area contributed by atoms with Crippen LogP contribution in [0.25, 0.3) is 10.9 Å². The van der Waals surface area contributed by atoms with Crippen LogP contribution in [0.5, 0.6) is 0 Å². The zero-order chi connectivity index (χ0) is 17.0. The van der Waals surface area contributed by atoms with E-state index in [1.54, 1.807) is 12.1 Å². The monoisotopic (exact) mass is 317 g/mol. The number of hydrogen-bond acceptors (Lipinski definition) is 4. The van der Waals surface area contributed by atoms with Crippen LogP contribution >= 0.6 is 0 Å². The molecule has 0 saturated heterocycles. The van der Waals surface area contributed by atoms with E-state index in [0.717, 1.165) is 5.56 Å². The predicted molar refractivity (Wildman–Crippen MR) is 89.2 cm³/mol. The van der Waals surface area contributed by atoms with Crippen molar-refractivity contribution >= 4 is 16.8 Å². The van der Waals surface area contributed by atoms with Gasteiger partial charge in [0.1, 0.15) is 6.54 Å². The van der Waals surface area contributed by atoms with Crippen LogP contribution < -0.4 is 10.9 Å². The fourth-order valence-electron chi connectivity index (χ4n) is 2.35. The predicted octanol–water partition coefficient (Wildman–Crippen LogP) is 1.23. The summed E-state index contributed by atoms with van der Waals surface area (Å²) >= 11 is 0. The van der Waals surface area contributed by atoms with Crippen LogP contribution in [0.15, 0.2) is 29.3 Å². The molecule has 0 spiro atoms. The van der Waals surface area contributed by atoms with Gasteiger partial charge in [-0.3, -0.25) is 14.2 Å². The van der Waals surface area contributed by atoms with E-state index in [1.165, 1.54) is 10.9 Å². The van der Waals surface area contributed by atoms with E-state index < -0.39 is 6.10 Å². The second-order valence-corrected chi connectivity index (χ2v) is 6.10. The van der Waals surface area contributed by atoms with Crippen LogP contribution in [0.3, 0.4) is 0 Å². The first-order valence-electron chi connectivity index (χ1n) is 7.79. The molecule has 6 nitrogen and oxygen atoms in total. The highest BCUT2D eigenvalue weighted by molar-refractivity contribution is 5.81. The van der Waals surface area contributed by atoms with Crippen molar-refractivity contribution in [2.24, 2.45) is 5.92 Å². The van der Waals surface area contributed by atoms with Crippen LogP contribution in [-0.4, -0.2) is 33.2 Å². The van der Waals surface area contributed by atoms with Gasteiger partial charge in [0, 0.05) is 6.54 Å². The average molecular weight is 317 g/mol. The number of carbonyl (C=O) groups is 1. The minimum atomic E-state index is -0.441. The summed E-state index contributed by atoms with van der Waals surface area (Å²) in [7, 11) is 0. The Morgan fingerprint density at radius 2 is 2.13 bits per heavy atom. The van der Waals surface area contributed by atoms with Crippen LogP contribution in [0.2, 0.25) is 0 Å². The third-order valence-electron chi connectivity index (χ3n) is 3.90. The van der Waals surface area contributed by atoms with E-state index in [2.05, 4.69) is 10.3 Å². The number of rotatable bonds is 6. The zero-order valence-electron chi connectivity index (χ0n) is 13.7. The number of carbonyl (C=O) groups excluding carboxylic acids is 1. The number of nitrogens with zero attached hydrogens (tertiary/aromatic N) is 2. The Kier molecular flexibility index (Phi) is 5.50. The van der Waals surface area contributed by atoms with Crippen LogP contribution in [0.4, 0.5) is 0 Å². The Labute approximate surface area is 135 Å². The number of aryl methyl sites for hydroxylation is 1. The normalized spacial score (nSPS) is 12.6. The fraction of sp³-hybridized carbons (Fsp3) is 0.471. The molecule has 1 amide bonds. The molecule has 124 valence electrons. The average Bonchev–Trinajstić information content (AvgIpc) is 2.50. The lowest BCUT2D eigenvalue weighted by atomic mass is 10.0. The lowest BCUT2D eigenvalue weighted by Gasteiger charge is -2.14. The summed E-state index contributed by atoms with van der Waals surface area (Å²) in [6.07, 6.45) is 1.46. The topological polar surface area (TPSA) is 84.2 Å². The molecule has 0 aliphatic carbocycles. The smallest absolute Gasteiger partial charge is 0.261 e. The van der Waals surface area contributed by atoms with E-state index in [1.807, 2.05) is 26.8 Å². The van der Waals surface area contributed by atoms with Gasteiger partial charge in [0.05, 0.1) is 23.3 Å². The SMILES string of the molecule is Cc1cccc2c(=O)n(CC(=O)NCCC(O)C(C)C)cnc12. The molecule has 0 radical (unpaired) electrons. The molecule has 23 heavy (non-hydrogen) atoms. The van der Waals surface area contributed by atoms with Crippen molar-refractivity contribution in [3.05, 3.63) is 40.4 Å². The fourth-order valence-corrected chi connectivity index (χ4v) is 2.35. The summed E-state index contributed by atoms with van der Waals surface area (Å²) in [5.74, 6) is -0.112. The van der Waals surface area contributed by atoms with Crippen molar-refractivity contribution < 1.29 is 9.90 Å². The molecule has 2 aromatic rings. The summed E-state index contributed by atoms with van der Waals surface area (Å²) in [5.41, 5.74) is 1.36. The van der Waals surface area contributed by atoms with Gasteiger partial charge in [-0.25, -0.2) is 4.98 Å². The number of benzene rings is 1. The second kappa shape index (κ2) is 7.37. The number of fused-ring (bicyclic) bond motifs is 1. The molecule has 1 aromatic carbocycles. The van der Waals surface area contributed by atoms with E-state index in [-0.39, 0.29) is 23.9 Å². The summed E-state index contributed by atoms with van der Waals surface area (Å²) in [4.78, 5) is 28.6. The second-order valence-electron chi connectivity index (χ2n) is 6.10. The molecule has 1 aromatic heterocycles. The van der Waals surface area contributed by atoms with E-state index in [9.17, 15) is 14.7 Å². The molecule has 0 aliphatic rings. The van der Waals surface area contributed by atoms with Crippen molar-refractivity contribution in [1.82, 2.24) is 14.9 Å². The maximum absolute atomic E-state index is 12.4. The molecule has 1 heterocycles. The van der Waals surface area contributed by atoms with Gasteiger partial charge in [0.2, 0.25) is 5.91 Å². The molecule has 2 N–H and O–H groups in total. The van der Waals surface area contributed by atoms with Crippen molar-refractivity contribution in [3.8, 4) is 0 Å². The van der Waals surface area contributed by atoms with Crippen LogP contribution in [0, 0.1) is 12.8 Å². The number of aliphatic hydroxyl groups excluding tert-OH is 1. The molecule has 1 unspecified atom stereocenters. The third kappa shape index (κ3) is 4.16. The van der Waals surface area contributed by atoms with Crippen LogP contribution in [0.1, 0.15) is 25.8 Å². The molecule has 0 saturated carbocycles. The van der Waals surface area contributed by atoms with Crippen molar-refractivity contribution in [3.63, 3.8) is 0 Å². The Balaban J connectivity index is 2.03. The van der Waals surface area contributed by atoms with E-state index in [4.69, 9.17) is 0 Å². The number of nitrogens with one attached hydrogen (secondary N) is 1. The van der Waals surface area contributed by atoms with Crippen molar-refractivity contribution in [2.45, 2.75) is 39.8 Å². The zero-order valence-corrected chi connectivity index (χ0v) is 13.7. The van der Waals surface area contributed by atoms with Gasteiger partial charge >= 0.3 is 0 Å². The summed E-state index contributed by atoms with van der Waals surface area (Å²) in [6.45, 7) is 6.05. The standard InChI is InChI=1S/C17H23N3O3/c1-11(2)14(21)7-8-18-15(22)9-20-10-19-16-12(3)5-4-6-13(16)17(20)23/h4-6,10-11,14,21H,7-9H2,1-3H3,(H,18,22). The van der Waals surface area contributed by atoms with Gasteiger partial charge in [-0.15, -0.1) is 0 Å². The number of amides is 1. The molecule has 6 heteroatoms. The highest BCUT2D eigenvalue weighted by Gasteiger charge is 2.11. The first-order valence-corrected chi connectivity index (χ1v) is 7.79. The van der Waals surface area contributed by atoms with E-state index >= 15 is 0 Å². The molecule has 0 fully saturated rings. The number of hydrogen-bond donors (Lipinski definition) is 2. The van der Waals surface area contributed by atoms with Gasteiger partial charge in [-0.1, -0.05) is 26.0 Å². The summed E-state index contributed by atoms with van der Waals surface area (Å²) in [6, 6.07) is 5.41. The first-order chi connectivity index (χ1) is 10.9. The molecule has 2 rings (SSSR count). The van der Waals surface area contributed by atoms with Gasteiger partial charge in [0.25, 0.3) is 5.56 Å². The van der Waals surface area contributed by atoms with Gasteiger partial charge in [-0.2, -0.15) is 0 Å². The quantitative estimate of drug-likeness (QED) is 0.839. The highest BCUT2D eigenvalue weighted by atomic mass is 16.3. The van der Waals surface area contributed by atoms with Gasteiger partial charge < -0.3 is 10.4 Å². The summed E-state index contributed by atoms with van der Waals surface area (Å²) < 4.78 is 1.30. The lowest BCUT2D eigenvalue weighted by Crippen LogP contribution is -2.34. The number of para-hydroxylation sites is 1. The molecule has 0 aliphatic heterocycles. The van der Waals surface area contributed by atoms with Crippen LogP contribution in [-0.2, 0) is 11.3 Å². The Morgan fingerprint density at radius 3 is 2.83 bits per heavy atom. The lowest BCUT2D eigenvalue weighted by molar-refractivity contribution is -0.121. The largest absolute Gasteiger partial charge is 0.393 e. The highest BCUT2D eigenvalue weighted by Crippen LogP contribution is 2.11. The first kappa shape index (κ1) is 17.1.